The Morgan fingerprint density at radius 1 is 0.906 bits per heavy atom. The molecule has 1 N–H and O–H groups in total. The van der Waals surface area contributed by atoms with Crippen LogP contribution in [0.15, 0.2) is 24.3 Å². The fourth-order valence-electron chi connectivity index (χ4n) is 5.09. The van der Waals surface area contributed by atoms with Crippen LogP contribution in [0.1, 0.15) is 39.5 Å². The predicted molar refractivity (Wildman–Crippen MR) is 125 cm³/mol. The van der Waals surface area contributed by atoms with Gasteiger partial charge in [-0.05, 0) is 45.2 Å². The van der Waals surface area contributed by atoms with Crippen molar-refractivity contribution in [2.75, 3.05) is 56.0 Å². The highest BCUT2D eigenvalue weighted by molar-refractivity contribution is 6.04. The third-order valence-electron chi connectivity index (χ3n) is 6.93. The van der Waals surface area contributed by atoms with Gasteiger partial charge in [0, 0.05) is 51.2 Å². The highest BCUT2D eigenvalue weighted by atomic mass is 16.2. The number of nitrogens with zero attached hydrogens (tertiary/aromatic N) is 4. The first-order valence-electron chi connectivity index (χ1n) is 11.9. The zero-order chi connectivity index (χ0) is 22.7. The summed E-state index contributed by atoms with van der Waals surface area (Å²) in [5, 5.41) is 2.91. The van der Waals surface area contributed by atoms with Crippen molar-refractivity contribution in [3.05, 3.63) is 24.3 Å². The van der Waals surface area contributed by atoms with Gasteiger partial charge in [-0.25, -0.2) is 0 Å². The van der Waals surface area contributed by atoms with E-state index in [2.05, 4.69) is 22.0 Å². The van der Waals surface area contributed by atoms with Gasteiger partial charge in [-0.1, -0.05) is 12.1 Å². The second kappa shape index (κ2) is 10.0. The summed E-state index contributed by atoms with van der Waals surface area (Å²) in [4.78, 5) is 46.3. The molecule has 3 aliphatic rings. The van der Waals surface area contributed by atoms with Crippen LogP contribution in [0.4, 0.5) is 11.4 Å². The van der Waals surface area contributed by atoms with Gasteiger partial charge in [0.15, 0.2) is 0 Å². The molecule has 8 heteroatoms. The smallest absolute Gasteiger partial charge is 0.241 e. The van der Waals surface area contributed by atoms with E-state index in [9.17, 15) is 14.4 Å². The number of amides is 3. The van der Waals surface area contributed by atoms with E-state index < -0.39 is 0 Å². The molecule has 3 amide bonds. The normalized spacial score (nSPS) is 25.1. The number of anilines is 2. The maximum atomic E-state index is 13.3. The Hall–Kier alpha value is -2.45. The molecule has 0 aromatic heterocycles. The SMILES string of the molecule is C[C@@H]1CCCCN1C(=O)CN1CCN(CC(=O)N2c3ccccc3NC(=O)C[C@@H]2C)CC1. The lowest BCUT2D eigenvalue weighted by Crippen LogP contribution is -2.54. The molecule has 32 heavy (non-hydrogen) atoms. The van der Waals surface area contributed by atoms with E-state index >= 15 is 0 Å². The van der Waals surface area contributed by atoms with Crippen molar-refractivity contribution in [3.8, 4) is 0 Å². The minimum absolute atomic E-state index is 0.00752. The monoisotopic (exact) mass is 441 g/mol. The van der Waals surface area contributed by atoms with Crippen molar-refractivity contribution in [1.82, 2.24) is 14.7 Å². The highest BCUT2D eigenvalue weighted by Gasteiger charge is 2.31. The maximum absolute atomic E-state index is 13.3. The van der Waals surface area contributed by atoms with Crippen LogP contribution >= 0.6 is 0 Å². The number of nitrogens with one attached hydrogen (secondary N) is 1. The predicted octanol–water partition coefficient (Wildman–Crippen LogP) is 1.77. The van der Waals surface area contributed by atoms with Gasteiger partial charge < -0.3 is 15.1 Å². The molecule has 8 nitrogen and oxygen atoms in total. The van der Waals surface area contributed by atoms with E-state index in [1.165, 1.54) is 6.42 Å². The van der Waals surface area contributed by atoms with Crippen molar-refractivity contribution in [3.63, 3.8) is 0 Å². The number of hydrogen-bond acceptors (Lipinski definition) is 5. The molecule has 2 fully saturated rings. The molecule has 0 radical (unpaired) electrons. The fourth-order valence-corrected chi connectivity index (χ4v) is 5.09. The number of para-hydroxylation sites is 2. The molecule has 3 heterocycles. The van der Waals surface area contributed by atoms with Crippen LogP contribution in [0, 0.1) is 0 Å². The minimum atomic E-state index is -0.198. The Morgan fingerprint density at radius 3 is 2.25 bits per heavy atom. The first-order chi connectivity index (χ1) is 15.4. The molecular formula is C24H35N5O3. The van der Waals surface area contributed by atoms with E-state index in [4.69, 9.17) is 0 Å². The lowest BCUT2D eigenvalue weighted by atomic mass is 10.0. The lowest BCUT2D eigenvalue weighted by molar-refractivity contribution is -0.136. The zero-order valence-electron chi connectivity index (χ0n) is 19.3. The number of carbonyl (C=O) groups is 3. The average molecular weight is 442 g/mol. The van der Waals surface area contributed by atoms with E-state index in [0.717, 1.165) is 51.3 Å². The van der Waals surface area contributed by atoms with Gasteiger partial charge in [0.1, 0.15) is 0 Å². The summed E-state index contributed by atoms with van der Waals surface area (Å²) in [5.41, 5.74) is 1.45. The number of rotatable bonds is 4. The average Bonchev–Trinajstić information content (AvgIpc) is 2.89. The standard InChI is InChI=1S/C24H35N5O3/c1-18-7-5-6-10-28(18)23(31)16-26-11-13-27(14-12-26)17-24(32)29-19(2)15-22(30)25-20-8-3-4-9-21(20)29/h3-4,8-9,18-19H,5-7,10-17H2,1-2H3,(H,25,30)/t18-,19+/m1/s1. The van der Waals surface area contributed by atoms with Crippen molar-refractivity contribution in [2.45, 2.75) is 51.6 Å². The molecule has 0 unspecified atom stereocenters. The van der Waals surface area contributed by atoms with Gasteiger partial charge in [-0.3, -0.25) is 24.2 Å². The molecular weight excluding hydrogens is 406 g/mol. The molecule has 0 spiro atoms. The lowest BCUT2D eigenvalue weighted by Gasteiger charge is -2.38. The minimum Gasteiger partial charge on any atom is -0.339 e. The Bertz CT molecular complexity index is 852. The third kappa shape index (κ3) is 5.13. The van der Waals surface area contributed by atoms with Gasteiger partial charge in [-0.15, -0.1) is 0 Å². The van der Waals surface area contributed by atoms with Crippen LogP contribution in [0.3, 0.4) is 0 Å². The molecule has 0 aliphatic carbocycles. The van der Waals surface area contributed by atoms with Gasteiger partial charge in [0.2, 0.25) is 17.7 Å². The number of likely N-dealkylation sites (tertiary alicyclic amines) is 1. The quantitative estimate of drug-likeness (QED) is 0.771. The molecule has 3 aliphatic heterocycles. The number of fused-ring (bicyclic) bond motifs is 1. The van der Waals surface area contributed by atoms with E-state index in [0.29, 0.717) is 24.8 Å². The first kappa shape index (κ1) is 22.7. The van der Waals surface area contributed by atoms with E-state index in [1.807, 2.05) is 36.1 Å². The second-order valence-corrected chi connectivity index (χ2v) is 9.37. The van der Waals surface area contributed by atoms with Crippen LogP contribution in [-0.2, 0) is 14.4 Å². The topological polar surface area (TPSA) is 76.2 Å². The number of piperazine rings is 1. The number of carbonyl (C=O) groups excluding carboxylic acids is 3. The van der Waals surface area contributed by atoms with Gasteiger partial charge in [0.25, 0.3) is 0 Å². The number of hydrogen-bond donors (Lipinski definition) is 1. The summed E-state index contributed by atoms with van der Waals surface area (Å²) in [7, 11) is 0. The molecule has 174 valence electrons. The molecule has 1 aromatic carbocycles. The Kier molecular flexibility index (Phi) is 7.10. The van der Waals surface area contributed by atoms with Crippen molar-refractivity contribution in [2.24, 2.45) is 0 Å². The molecule has 0 bridgehead atoms. The maximum Gasteiger partial charge on any atom is 0.241 e. The summed E-state index contributed by atoms with van der Waals surface area (Å²) >= 11 is 0. The summed E-state index contributed by atoms with van der Waals surface area (Å²) in [5.74, 6) is 0.170. The van der Waals surface area contributed by atoms with E-state index in [-0.39, 0.29) is 30.2 Å². The molecule has 1 aromatic rings. The van der Waals surface area contributed by atoms with Crippen LogP contribution < -0.4 is 10.2 Å². The molecule has 2 saturated heterocycles. The highest BCUT2D eigenvalue weighted by Crippen LogP contribution is 2.31. The second-order valence-electron chi connectivity index (χ2n) is 9.37. The number of piperidine rings is 1. The molecule has 2 atom stereocenters. The Balaban J connectivity index is 1.32. The Morgan fingerprint density at radius 2 is 1.56 bits per heavy atom. The molecule has 4 rings (SSSR count). The van der Waals surface area contributed by atoms with E-state index in [1.54, 1.807) is 4.90 Å². The summed E-state index contributed by atoms with van der Waals surface area (Å²) in [6, 6.07) is 7.63. The molecule has 0 saturated carbocycles. The van der Waals surface area contributed by atoms with Crippen molar-refractivity contribution < 1.29 is 14.4 Å². The zero-order valence-corrected chi connectivity index (χ0v) is 19.3. The summed E-state index contributed by atoms with van der Waals surface area (Å²) < 4.78 is 0. The number of benzene rings is 1. The Labute approximate surface area is 190 Å². The van der Waals surface area contributed by atoms with Crippen LogP contribution in [0.2, 0.25) is 0 Å². The van der Waals surface area contributed by atoms with Crippen LogP contribution in [0.25, 0.3) is 0 Å². The largest absolute Gasteiger partial charge is 0.339 e. The van der Waals surface area contributed by atoms with Crippen molar-refractivity contribution >= 4 is 29.1 Å². The summed E-state index contributed by atoms with van der Waals surface area (Å²) in [6.45, 7) is 8.82. The van der Waals surface area contributed by atoms with Crippen LogP contribution in [-0.4, -0.2) is 90.3 Å². The van der Waals surface area contributed by atoms with Crippen LogP contribution in [0.5, 0.6) is 0 Å². The fraction of sp³-hybridized carbons (Fsp3) is 0.625. The first-order valence-corrected chi connectivity index (χ1v) is 11.9. The summed E-state index contributed by atoms with van der Waals surface area (Å²) in [6.07, 6.45) is 3.69. The third-order valence-corrected chi connectivity index (χ3v) is 6.93. The van der Waals surface area contributed by atoms with Crippen molar-refractivity contribution in [1.29, 1.82) is 0 Å². The van der Waals surface area contributed by atoms with Gasteiger partial charge >= 0.3 is 0 Å². The van der Waals surface area contributed by atoms with Gasteiger partial charge in [0.05, 0.1) is 24.5 Å². The van der Waals surface area contributed by atoms with Gasteiger partial charge in [-0.2, -0.15) is 0 Å².